The number of benzene rings is 2. The Morgan fingerprint density at radius 3 is 2.42 bits per heavy atom. The van der Waals surface area contributed by atoms with Gasteiger partial charge in [0.05, 0.1) is 17.3 Å². The molecule has 59 heavy (non-hydrogen) atoms. The van der Waals surface area contributed by atoms with Crippen molar-refractivity contribution in [2.45, 2.75) is 96.4 Å². The second-order valence-electron chi connectivity index (χ2n) is 17.6. The van der Waals surface area contributed by atoms with E-state index in [0.29, 0.717) is 31.2 Å². The van der Waals surface area contributed by atoms with E-state index in [9.17, 15) is 18.0 Å². The third-order valence-electron chi connectivity index (χ3n) is 13.5. The summed E-state index contributed by atoms with van der Waals surface area (Å²) < 4.78 is 53.6. The standard InChI is InChI=1S/C47H57F3N6O3/c1-7-32-24-36-43(42(33-22-31(23-33)25-47(48,49)50)41(32)40-30(6)10-11-35-37(40)26-51-38(35)8-2)52-45(59-34-12-16-54(17-13-34)20-21-58-29(4)5)53-44(36)55-18-14-46(15-19-55)27-56(28-46)39(57)9-3/h7,9-11,24,26,31,33-34,38H,1,3-4,8,12-23,25,27-28H2,2,5-6H3. The van der Waals surface area contributed by atoms with Crippen LogP contribution >= 0.6 is 0 Å². The average Bonchev–Trinajstić information content (AvgIpc) is 3.60. The fourth-order valence-corrected chi connectivity index (χ4v) is 10.3. The number of halogens is 3. The van der Waals surface area contributed by atoms with Crippen LogP contribution in [0.4, 0.5) is 19.0 Å². The largest absolute Gasteiger partial charge is 0.498 e. The zero-order valence-electron chi connectivity index (χ0n) is 34.8. The maximum atomic E-state index is 13.8. The molecule has 2 aromatic carbocycles. The number of likely N-dealkylation sites (tertiary alicyclic amines) is 2. The van der Waals surface area contributed by atoms with Gasteiger partial charge in [-0.05, 0) is 116 Å². The molecule has 3 saturated heterocycles. The van der Waals surface area contributed by atoms with Gasteiger partial charge >= 0.3 is 12.2 Å². The lowest BCUT2D eigenvalue weighted by molar-refractivity contribution is -0.151. The molecule has 3 aromatic rings. The number of fused-ring (bicyclic) bond motifs is 2. The van der Waals surface area contributed by atoms with Crippen LogP contribution in [0.2, 0.25) is 0 Å². The number of carbonyl (C=O) groups excluding carboxylic acids is 1. The molecule has 314 valence electrons. The van der Waals surface area contributed by atoms with Gasteiger partial charge in [0, 0.05) is 74.8 Å². The second-order valence-corrected chi connectivity index (χ2v) is 17.6. The topological polar surface area (TPSA) is 83.4 Å². The second kappa shape index (κ2) is 16.4. The van der Waals surface area contributed by atoms with Crippen molar-refractivity contribution in [2.75, 3.05) is 57.3 Å². The van der Waals surface area contributed by atoms with Gasteiger partial charge in [0.2, 0.25) is 5.91 Å². The number of nitrogens with zero attached hydrogens (tertiary/aromatic N) is 6. The minimum atomic E-state index is -4.22. The Morgan fingerprint density at radius 1 is 1.05 bits per heavy atom. The molecule has 12 heteroatoms. The zero-order chi connectivity index (χ0) is 41.6. The molecule has 1 unspecified atom stereocenters. The highest BCUT2D eigenvalue weighted by molar-refractivity contribution is 6.04. The first-order chi connectivity index (χ1) is 28.3. The fourth-order valence-electron chi connectivity index (χ4n) is 10.3. The van der Waals surface area contributed by atoms with Crippen molar-refractivity contribution in [3.63, 3.8) is 0 Å². The molecule has 9 nitrogen and oxygen atoms in total. The molecule has 0 N–H and O–H groups in total. The number of alkyl halides is 3. The lowest BCUT2D eigenvalue weighted by Gasteiger charge is -2.54. The molecular formula is C47H57F3N6O3. The van der Waals surface area contributed by atoms with Crippen LogP contribution in [0.15, 0.2) is 54.8 Å². The molecule has 1 amide bonds. The van der Waals surface area contributed by atoms with Crippen molar-refractivity contribution in [3.05, 3.63) is 77.6 Å². The Labute approximate surface area is 346 Å². The summed E-state index contributed by atoms with van der Waals surface area (Å²) in [6, 6.07) is 6.80. The summed E-state index contributed by atoms with van der Waals surface area (Å²) >= 11 is 0. The number of hydrogen-bond donors (Lipinski definition) is 0. The first-order valence-corrected chi connectivity index (χ1v) is 21.4. The monoisotopic (exact) mass is 810 g/mol. The number of ether oxygens (including phenoxy) is 2. The van der Waals surface area contributed by atoms with E-state index in [1.807, 2.05) is 24.1 Å². The van der Waals surface area contributed by atoms with Crippen LogP contribution in [0.3, 0.4) is 0 Å². The third kappa shape index (κ3) is 8.26. The maximum absolute atomic E-state index is 13.8. The van der Waals surface area contributed by atoms with E-state index in [1.165, 1.54) is 6.08 Å². The smallest absolute Gasteiger partial charge is 0.389 e. The van der Waals surface area contributed by atoms with Gasteiger partial charge in [-0.2, -0.15) is 23.1 Å². The molecule has 1 aliphatic carbocycles. The molecule has 1 spiro atoms. The summed E-state index contributed by atoms with van der Waals surface area (Å²) in [5.74, 6) is 0.845. The van der Waals surface area contributed by atoms with Crippen molar-refractivity contribution in [3.8, 4) is 17.1 Å². The van der Waals surface area contributed by atoms with Crippen molar-refractivity contribution < 1.29 is 27.4 Å². The van der Waals surface area contributed by atoms with Crippen LogP contribution in [0, 0.1) is 18.3 Å². The molecule has 5 heterocycles. The number of allylic oxidation sites excluding steroid dienone is 1. The first kappa shape index (κ1) is 41.0. The molecule has 8 rings (SSSR count). The molecule has 0 radical (unpaired) electrons. The molecule has 1 aromatic heterocycles. The van der Waals surface area contributed by atoms with Crippen LogP contribution in [-0.2, 0) is 9.53 Å². The van der Waals surface area contributed by atoms with E-state index in [2.05, 4.69) is 61.6 Å². The van der Waals surface area contributed by atoms with Gasteiger partial charge in [0.1, 0.15) is 18.5 Å². The van der Waals surface area contributed by atoms with Gasteiger partial charge < -0.3 is 19.3 Å². The Hall–Kier alpha value is -4.71. The van der Waals surface area contributed by atoms with E-state index >= 15 is 0 Å². The van der Waals surface area contributed by atoms with Crippen molar-refractivity contribution in [1.29, 1.82) is 0 Å². The summed E-state index contributed by atoms with van der Waals surface area (Å²) in [7, 11) is 0. The van der Waals surface area contributed by atoms with Gasteiger partial charge in [-0.25, -0.2) is 0 Å². The number of aliphatic imine (C=N–C) groups is 1. The molecule has 4 fully saturated rings. The van der Waals surface area contributed by atoms with Gasteiger partial charge in [-0.15, -0.1) is 0 Å². The number of aryl methyl sites for hydroxylation is 1. The van der Waals surface area contributed by atoms with Crippen LogP contribution in [0.25, 0.3) is 28.1 Å². The quantitative estimate of drug-likeness (QED) is 0.126. The Bertz CT molecular complexity index is 2150. The molecule has 4 aliphatic heterocycles. The van der Waals surface area contributed by atoms with Gasteiger partial charge in [-0.1, -0.05) is 44.9 Å². The Balaban J connectivity index is 1.22. The maximum Gasteiger partial charge on any atom is 0.389 e. The average molecular weight is 811 g/mol. The lowest BCUT2D eigenvalue weighted by atomic mass is 9.67. The first-order valence-electron chi connectivity index (χ1n) is 21.4. The van der Waals surface area contributed by atoms with Gasteiger partial charge in [-0.3, -0.25) is 14.7 Å². The van der Waals surface area contributed by atoms with E-state index < -0.39 is 18.5 Å². The highest BCUT2D eigenvalue weighted by Gasteiger charge is 2.47. The minimum absolute atomic E-state index is 0.0304. The number of anilines is 1. The summed E-state index contributed by atoms with van der Waals surface area (Å²) in [6.07, 6.45) is 5.23. The van der Waals surface area contributed by atoms with Gasteiger partial charge in [0.15, 0.2) is 0 Å². The molecule has 1 saturated carbocycles. The van der Waals surface area contributed by atoms with Crippen LogP contribution in [-0.4, -0.2) is 96.6 Å². The predicted octanol–water partition coefficient (Wildman–Crippen LogP) is 9.59. The van der Waals surface area contributed by atoms with Crippen LogP contribution < -0.4 is 9.64 Å². The van der Waals surface area contributed by atoms with E-state index in [-0.39, 0.29) is 29.4 Å². The zero-order valence-corrected chi connectivity index (χ0v) is 34.8. The van der Waals surface area contributed by atoms with E-state index in [4.69, 9.17) is 24.4 Å². The number of piperidine rings is 2. The highest BCUT2D eigenvalue weighted by atomic mass is 19.4. The number of amides is 1. The molecule has 5 aliphatic rings. The molecule has 1 atom stereocenters. The lowest BCUT2D eigenvalue weighted by Crippen LogP contribution is -2.61. The van der Waals surface area contributed by atoms with Crippen LogP contribution in [0.1, 0.15) is 105 Å². The van der Waals surface area contributed by atoms with E-state index in [1.54, 1.807) is 0 Å². The highest BCUT2D eigenvalue weighted by Crippen LogP contribution is 2.54. The fraction of sp³-hybridized carbons (Fsp3) is 0.532. The normalized spacial score (nSPS) is 22.8. The Kier molecular flexibility index (Phi) is 11.4. The van der Waals surface area contributed by atoms with E-state index in [0.717, 1.165) is 134 Å². The molecular weight excluding hydrogens is 754 g/mol. The van der Waals surface area contributed by atoms with Crippen LogP contribution in [0.5, 0.6) is 6.01 Å². The summed E-state index contributed by atoms with van der Waals surface area (Å²) in [5.41, 5.74) is 7.96. The summed E-state index contributed by atoms with van der Waals surface area (Å²) in [5, 5.41) is 0.857. The number of aromatic nitrogens is 2. The minimum Gasteiger partial charge on any atom is -0.498 e. The number of rotatable bonds is 13. The Morgan fingerprint density at radius 2 is 1.78 bits per heavy atom. The summed E-state index contributed by atoms with van der Waals surface area (Å²) in [4.78, 5) is 34.2. The SMILES string of the molecule is C=CC(=O)N1CC2(CCN(c3nc(OC4CCN(CCOC(=C)C)CC4)nc4c(C5CC(CC(F)(F)F)C5)c(-c5c(C)ccc6c5C=NC6CC)c(C=C)cc34)CC2)C1. The number of carbonyl (C=O) groups is 1. The van der Waals surface area contributed by atoms with Crippen molar-refractivity contribution in [1.82, 2.24) is 19.8 Å². The molecule has 0 bridgehead atoms. The van der Waals surface area contributed by atoms with Gasteiger partial charge in [0.25, 0.3) is 0 Å². The van der Waals surface area contributed by atoms with Crippen molar-refractivity contribution in [2.24, 2.45) is 16.3 Å². The predicted molar refractivity (Wildman–Crippen MR) is 228 cm³/mol. The van der Waals surface area contributed by atoms with Crippen molar-refractivity contribution >= 4 is 34.9 Å². The number of hydrogen-bond acceptors (Lipinski definition) is 8. The third-order valence-corrected chi connectivity index (χ3v) is 13.5. The summed E-state index contributed by atoms with van der Waals surface area (Å²) in [6.45, 7) is 23.9.